The summed E-state index contributed by atoms with van der Waals surface area (Å²) in [7, 11) is 0. The van der Waals surface area contributed by atoms with Gasteiger partial charge in [0.05, 0.1) is 5.56 Å². The van der Waals surface area contributed by atoms with Gasteiger partial charge in [0.2, 0.25) is 0 Å². The van der Waals surface area contributed by atoms with Crippen molar-refractivity contribution in [3.63, 3.8) is 0 Å². The van der Waals surface area contributed by atoms with Crippen LogP contribution in [0.15, 0.2) is 24.3 Å². The van der Waals surface area contributed by atoms with Crippen LogP contribution in [0.1, 0.15) is 17.2 Å². The van der Waals surface area contributed by atoms with E-state index in [2.05, 4.69) is 0 Å². The van der Waals surface area contributed by atoms with E-state index in [-0.39, 0.29) is 0 Å². The van der Waals surface area contributed by atoms with Crippen molar-refractivity contribution in [2.75, 3.05) is 0 Å². The van der Waals surface area contributed by atoms with Crippen LogP contribution in [0.4, 0.5) is 22.0 Å². The monoisotopic (exact) mass is 270 g/mol. The fourth-order valence-corrected chi connectivity index (χ4v) is 1.31. The zero-order chi connectivity index (χ0) is 14.1. The van der Waals surface area contributed by atoms with Crippen LogP contribution in [0, 0.1) is 0 Å². The molecule has 1 unspecified atom stereocenters. The molecule has 1 atom stereocenters. The topological polar surface area (TPSA) is 57.5 Å². The minimum atomic E-state index is -4.97. The lowest BCUT2D eigenvalue weighted by atomic mass is 9.97. The summed E-state index contributed by atoms with van der Waals surface area (Å²) in [5.74, 6) is -7.41. The molecule has 3 nitrogen and oxygen atoms in total. The Balaban J connectivity index is 3.31. The van der Waals surface area contributed by atoms with Crippen LogP contribution in [0.25, 0.3) is 0 Å². The summed E-state index contributed by atoms with van der Waals surface area (Å²) in [6, 6.07) is 3.02. The molecule has 1 aromatic carbocycles. The molecule has 0 heterocycles. The van der Waals surface area contributed by atoms with Crippen molar-refractivity contribution in [2.45, 2.75) is 18.2 Å². The van der Waals surface area contributed by atoms with Gasteiger partial charge in [-0.05, 0) is 11.6 Å². The number of aliphatic hydroxyl groups excluding tert-OH is 1. The number of carbonyl (C=O) groups is 1. The number of rotatable bonds is 3. The average Bonchev–Trinajstić information content (AvgIpc) is 2.26. The van der Waals surface area contributed by atoms with Gasteiger partial charge in [0.15, 0.2) is 6.10 Å². The molecule has 18 heavy (non-hydrogen) atoms. The molecule has 0 aliphatic rings. The Kier molecular flexibility index (Phi) is 3.61. The van der Waals surface area contributed by atoms with Gasteiger partial charge in [-0.15, -0.1) is 0 Å². The number of alkyl halides is 5. The summed E-state index contributed by atoms with van der Waals surface area (Å²) in [5, 5.41) is 17.3. The van der Waals surface area contributed by atoms with E-state index in [9.17, 15) is 26.7 Å². The van der Waals surface area contributed by atoms with Gasteiger partial charge in [-0.25, -0.2) is 4.79 Å². The molecule has 0 radical (unpaired) electrons. The lowest BCUT2D eigenvalue weighted by Crippen LogP contribution is -2.36. The summed E-state index contributed by atoms with van der Waals surface area (Å²) in [6.45, 7) is 0. The third-order valence-corrected chi connectivity index (χ3v) is 2.19. The molecule has 8 heteroatoms. The Morgan fingerprint density at radius 2 is 1.61 bits per heavy atom. The number of halogens is 5. The number of benzene rings is 1. The maximum Gasteiger partial charge on any atom is 0.416 e. The smallest absolute Gasteiger partial charge is 0.416 e. The Labute approximate surface area is 97.5 Å². The largest absolute Gasteiger partial charge is 0.477 e. The molecule has 0 bridgehead atoms. The van der Waals surface area contributed by atoms with E-state index in [0.717, 1.165) is 12.1 Å². The first kappa shape index (κ1) is 14.4. The molecule has 2 N–H and O–H groups in total. The predicted molar refractivity (Wildman–Crippen MR) is 49.0 cm³/mol. The van der Waals surface area contributed by atoms with Crippen LogP contribution in [-0.2, 0) is 11.0 Å². The maximum atomic E-state index is 13.0. The van der Waals surface area contributed by atoms with Gasteiger partial charge in [-0.1, -0.05) is 18.2 Å². The minimum Gasteiger partial charge on any atom is -0.477 e. The summed E-state index contributed by atoms with van der Waals surface area (Å²) in [4.78, 5) is 10.2. The number of hydrogen-bond acceptors (Lipinski definition) is 2. The summed E-state index contributed by atoms with van der Waals surface area (Å²) < 4.78 is 63.4. The number of hydrogen-bond donors (Lipinski definition) is 2. The molecule has 1 rings (SSSR count). The van der Waals surface area contributed by atoms with E-state index in [1.807, 2.05) is 0 Å². The summed E-state index contributed by atoms with van der Waals surface area (Å²) in [6.07, 6.45) is -8.04. The van der Waals surface area contributed by atoms with Gasteiger partial charge in [0.25, 0.3) is 0 Å². The second-order valence-corrected chi connectivity index (χ2v) is 3.42. The van der Waals surface area contributed by atoms with E-state index >= 15 is 0 Å². The SMILES string of the molecule is O=C(O)C(F)(F)C(O)c1ccccc1C(F)(F)F. The third kappa shape index (κ3) is 2.58. The van der Waals surface area contributed by atoms with Crippen LogP contribution in [0.2, 0.25) is 0 Å². The quantitative estimate of drug-likeness (QED) is 0.829. The highest BCUT2D eigenvalue weighted by atomic mass is 19.4. The van der Waals surface area contributed by atoms with E-state index in [1.54, 1.807) is 0 Å². The van der Waals surface area contributed by atoms with Crippen molar-refractivity contribution < 1.29 is 37.0 Å². The molecule has 0 aromatic heterocycles. The molecule has 0 amide bonds. The van der Waals surface area contributed by atoms with Crippen LogP contribution in [0.5, 0.6) is 0 Å². The molecular weight excluding hydrogens is 263 g/mol. The van der Waals surface area contributed by atoms with Crippen molar-refractivity contribution in [3.8, 4) is 0 Å². The molecule has 0 aliphatic heterocycles. The number of aliphatic carboxylic acids is 1. The molecule has 0 saturated carbocycles. The molecule has 0 fully saturated rings. The number of aliphatic hydroxyl groups is 1. The number of carboxylic acids is 1. The Morgan fingerprint density at radius 1 is 1.11 bits per heavy atom. The van der Waals surface area contributed by atoms with E-state index in [0.29, 0.717) is 12.1 Å². The van der Waals surface area contributed by atoms with Crippen molar-refractivity contribution >= 4 is 5.97 Å². The lowest BCUT2D eigenvalue weighted by molar-refractivity contribution is -0.184. The standard InChI is InChI=1S/C10H7F5O3/c11-9(12,8(17)18)7(16)5-3-1-2-4-6(5)10(13,14)15/h1-4,7,16H,(H,17,18). The van der Waals surface area contributed by atoms with Crippen molar-refractivity contribution in [2.24, 2.45) is 0 Å². The van der Waals surface area contributed by atoms with E-state index < -0.39 is 35.3 Å². The lowest BCUT2D eigenvalue weighted by Gasteiger charge is -2.21. The first-order valence-corrected chi connectivity index (χ1v) is 4.54. The molecule has 0 saturated heterocycles. The normalized spacial score (nSPS) is 14.3. The molecule has 1 aromatic rings. The van der Waals surface area contributed by atoms with E-state index in [4.69, 9.17) is 10.2 Å². The summed E-state index contributed by atoms with van der Waals surface area (Å²) >= 11 is 0. The average molecular weight is 270 g/mol. The summed E-state index contributed by atoms with van der Waals surface area (Å²) in [5.41, 5.74) is -2.68. The van der Waals surface area contributed by atoms with Crippen LogP contribution >= 0.6 is 0 Å². The van der Waals surface area contributed by atoms with Gasteiger partial charge in [-0.3, -0.25) is 0 Å². The second kappa shape index (κ2) is 4.52. The molecule has 0 spiro atoms. The Morgan fingerprint density at radius 3 is 2.06 bits per heavy atom. The van der Waals surface area contributed by atoms with Crippen molar-refractivity contribution in [1.82, 2.24) is 0 Å². The first-order chi connectivity index (χ1) is 8.08. The minimum absolute atomic E-state index is 0.483. The van der Waals surface area contributed by atoms with Gasteiger partial charge in [-0.2, -0.15) is 22.0 Å². The maximum absolute atomic E-state index is 13.0. The molecule has 0 aliphatic carbocycles. The van der Waals surface area contributed by atoms with Crippen LogP contribution in [0.3, 0.4) is 0 Å². The van der Waals surface area contributed by atoms with Crippen molar-refractivity contribution in [3.05, 3.63) is 35.4 Å². The van der Waals surface area contributed by atoms with Gasteiger partial charge < -0.3 is 10.2 Å². The van der Waals surface area contributed by atoms with E-state index in [1.165, 1.54) is 0 Å². The van der Waals surface area contributed by atoms with Gasteiger partial charge in [0, 0.05) is 0 Å². The second-order valence-electron chi connectivity index (χ2n) is 3.42. The third-order valence-electron chi connectivity index (χ3n) is 2.19. The Bertz CT molecular complexity index is 455. The molecular formula is C10H7F5O3. The van der Waals surface area contributed by atoms with Crippen molar-refractivity contribution in [1.29, 1.82) is 0 Å². The predicted octanol–water partition coefficient (Wildman–Crippen LogP) is 2.46. The zero-order valence-electron chi connectivity index (χ0n) is 8.58. The highest BCUT2D eigenvalue weighted by Crippen LogP contribution is 2.39. The fraction of sp³-hybridized carbons (Fsp3) is 0.300. The van der Waals surface area contributed by atoms with Crippen LogP contribution in [-0.4, -0.2) is 22.1 Å². The highest BCUT2D eigenvalue weighted by molar-refractivity contribution is 5.76. The van der Waals surface area contributed by atoms with Gasteiger partial charge in [0.1, 0.15) is 0 Å². The number of carboxylic acid groups (broad SMARTS) is 1. The Hall–Kier alpha value is -1.70. The van der Waals surface area contributed by atoms with Gasteiger partial charge >= 0.3 is 18.1 Å². The zero-order valence-corrected chi connectivity index (χ0v) is 8.58. The molecule has 100 valence electrons. The first-order valence-electron chi connectivity index (χ1n) is 4.54. The fourth-order valence-electron chi connectivity index (χ4n) is 1.31. The van der Waals surface area contributed by atoms with Crippen LogP contribution < -0.4 is 0 Å². The highest BCUT2D eigenvalue weighted by Gasteiger charge is 2.50.